The van der Waals surface area contributed by atoms with Crippen LogP contribution in [0.2, 0.25) is 0 Å². The maximum Gasteiger partial charge on any atom is 0.407 e. The van der Waals surface area contributed by atoms with E-state index in [2.05, 4.69) is 22.3 Å². The number of alkyl carbamates (subject to hydrolysis) is 2. The molecule has 0 radical (unpaired) electrons. The van der Waals surface area contributed by atoms with Crippen molar-refractivity contribution in [1.29, 1.82) is 0 Å². The first-order valence-electron chi connectivity index (χ1n) is 11.9. The van der Waals surface area contributed by atoms with Crippen LogP contribution in [0.4, 0.5) is 14.4 Å². The van der Waals surface area contributed by atoms with E-state index >= 15 is 0 Å². The summed E-state index contributed by atoms with van der Waals surface area (Å²) >= 11 is 0. The number of unbranched alkanes of at least 4 members (excludes halogenated alkanes) is 3. The Labute approximate surface area is 203 Å². The van der Waals surface area contributed by atoms with Crippen LogP contribution in [0, 0.1) is 0 Å². The standard InChI is InChI=1S/C17H36N6O6.C4H11N/c18-7-3-1-5-13(20)11-28-17(26)23-14(6-2-4-8-19)12-29-16(25)22-9-10-27-15(21)24;1-2-3-4-5/h13-14H,1-12,18-20H2,(H2,21,24)(H,22,25)(H,23,26);2-5H2,1H3. The van der Waals surface area contributed by atoms with E-state index in [0.29, 0.717) is 25.9 Å². The molecule has 12 N–H and O–H groups in total. The highest BCUT2D eigenvalue weighted by atomic mass is 16.6. The van der Waals surface area contributed by atoms with E-state index in [1.54, 1.807) is 0 Å². The number of primary amides is 1. The SMILES string of the molecule is CCCCN.NCCCCC(N)COC(=O)NC(CCCCN)COC(=O)NCCOC(N)=O. The predicted molar refractivity (Wildman–Crippen MR) is 131 cm³/mol. The van der Waals surface area contributed by atoms with Gasteiger partial charge in [0.05, 0.1) is 12.6 Å². The second-order valence-corrected chi connectivity index (χ2v) is 7.60. The lowest BCUT2D eigenvalue weighted by Gasteiger charge is -2.19. The van der Waals surface area contributed by atoms with Crippen molar-refractivity contribution < 1.29 is 28.6 Å². The van der Waals surface area contributed by atoms with Crippen molar-refractivity contribution in [3.63, 3.8) is 0 Å². The molecule has 0 heterocycles. The molecule has 0 aliphatic rings. The summed E-state index contributed by atoms with van der Waals surface area (Å²) in [7, 11) is 0. The minimum Gasteiger partial charge on any atom is -0.448 e. The van der Waals surface area contributed by atoms with E-state index in [1.165, 1.54) is 12.8 Å². The molecule has 0 rings (SSSR count). The fourth-order valence-electron chi connectivity index (χ4n) is 2.49. The Hall–Kier alpha value is -2.35. The van der Waals surface area contributed by atoms with Gasteiger partial charge >= 0.3 is 18.3 Å². The highest BCUT2D eigenvalue weighted by Gasteiger charge is 2.16. The minimum absolute atomic E-state index is 0.0509. The minimum atomic E-state index is -0.929. The summed E-state index contributed by atoms with van der Waals surface area (Å²) in [5.41, 5.74) is 26.7. The van der Waals surface area contributed by atoms with Gasteiger partial charge in [-0.3, -0.25) is 0 Å². The zero-order chi connectivity index (χ0) is 26.0. The molecule has 13 nitrogen and oxygen atoms in total. The molecular formula is C21H47N7O6. The average Bonchev–Trinajstić information content (AvgIpc) is 2.80. The first-order chi connectivity index (χ1) is 16.3. The van der Waals surface area contributed by atoms with Crippen molar-refractivity contribution in [2.45, 2.75) is 70.4 Å². The van der Waals surface area contributed by atoms with Gasteiger partial charge in [0.1, 0.15) is 19.8 Å². The molecule has 0 spiro atoms. The molecular weight excluding hydrogens is 446 g/mol. The zero-order valence-electron chi connectivity index (χ0n) is 20.6. The molecule has 0 saturated carbocycles. The third-order valence-corrected chi connectivity index (χ3v) is 4.38. The largest absolute Gasteiger partial charge is 0.448 e. The fraction of sp³-hybridized carbons (Fsp3) is 0.857. The van der Waals surface area contributed by atoms with E-state index in [-0.39, 0.29) is 32.4 Å². The predicted octanol–water partition coefficient (Wildman–Crippen LogP) is 0.233. The molecule has 2 unspecified atom stereocenters. The van der Waals surface area contributed by atoms with Crippen LogP contribution in [-0.4, -0.2) is 76.4 Å². The molecule has 0 saturated heterocycles. The Bertz CT molecular complexity index is 512. The van der Waals surface area contributed by atoms with Gasteiger partial charge in [-0.05, 0) is 51.7 Å². The highest BCUT2D eigenvalue weighted by molar-refractivity contribution is 5.68. The van der Waals surface area contributed by atoms with E-state index in [9.17, 15) is 14.4 Å². The number of nitrogens with two attached hydrogens (primary N) is 5. The second-order valence-electron chi connectivity index (χ2n) is 7.60. The van der Waals surface area contributed by atoms with Crippen molar-refractivity contribution in [3.8, 4) is 0 Å². The summed E-state index contributed by atoms with van der Waals surface area (Å²) in [6, 6.07) is -0.692. The van der Waals surface area contributed by atoms with Gasteiger partial charge in [-0.2, -0.15) is 0 Å². The van der Waals surface area contributed by atoms with Gasteiger partial charge in [0, 0.05) is 6.04 Å². The summed E-state index contributed by atoms with van der Waals surface area (Å²) in [5.74, 6) is 0. The number of hydrogen-bond donors (Lipinski definition) is 7. The van der Waals surface area contributed by atoms with Crippen molar-refractivity contribution in [2.75, 3.05) is 46.0 Å². The molecule has 0 aliphatic carbocycles. The Kier molecular flexibility index (Phi) is 25.1. The van der Waals surface area contributed by atoms with Crippen molar-refractivity contribution >= 4 is 18.3 Å². The van der Waals surface area contributed by atoms with Crippen molar-refractivity contribution in [3.05, 3.63) is 0 Å². The van der Waals surface area contributed by atoms with Crippen LogP contribution in [0.15, 0.2) is 0 Å². The third kappa shape index (κ3) is 25.9. The number of carbonyl (C=O) groups is 3. The molecule has 34 heavy (non-hydrogen) atoms. The number of amides is 3. The Morgan fingerprint density at radius 3 is 1.91 bits per heavy atom. The van der Waals surface area contributed by atoms with Gasteiger partial charge in [0.25, 0.3) is 0 Å². The van der Waals surface area contributed by atoms with Gasteiger partial charge in [0.2, 0.25) is 0 Å². The number of carbonyl (C=O) groups excluding carboxylic acids is 3. The molecule has 0 aliphatic heterocycles. The smallest absolute Gasteiger partial charge is 0.407 e. The van der Waals surface area contributed by atoms with E-state index in [1.807, 2.05) is 0 Å². The molecule has 0 aromatic rings. The third-order valence-electron chi connectivity index (χ3n) is 4.38. The average molecular weight is 494 g/mol. The van der Waals surface area contributed by atoms with Crippen molar-refractivity contribution in [1.82, 2.24) is 10.6 Å². The van der Waals surface area contributed by atoms with Gasteiger partial charge < -0.3 is 53.5 Å². The van der Waals surface area contributed by atoms with Gasteiger partial charge in [0.15, 0.2) is 0 Å². The zero-order valence-corrected chi connectivity index (χ0v) is 20.6. The van der Waals surface area contributed by atoms with Crippen LogP contribution < -0.4 is 39.3 Å². The normalized spacial score (nSPS) is 11.9. The summed E-state index contributed by atoms with van der Waals surface area (Å²) in [6.07, 6.45) is 4.66. The number of rotatable bonds is 18. The first kappa shape index (κ1) is 33.8. The summed E-state index contributed by atoms with van der Waals surface area (Å²) in [4.78, 5) is 34.1. The molecule has 0 aromatic carbocycles. The number of nitrogens with one attached hydrogen (secondary N) is 2. The lowest BCUT2D eigenvalue weighted by Crippen LogP contribution is -2.42. The van der Waals surface area contributed by atoms with Gasteiger partial charge in [-0.1, -0.05) is 26.2 Å². The second kappa shape index (κ2) is 25.3. The van der Waals surface area contributed by atoms with Gasteiger partial charge in [-0.15, -0.1) is 0 Å². The summed E-state index contributed by atoms with van der Waals surface area (Å²) in [6.45, 7) is 4.12. The van der Waals surface area contributed by atoms with Crippen LogP contribution in [-0.2, 0) is 14.2 Å². The molecule has 2 atom stereocenters. The lowest BCUT2D eigenvalue weighted by atomic mass is 10.1. The molecule has 0 bridgehead atoms. The van der Waals surface area contributed by atoms with Gasteiger partial charge in [-0.25, -0.2) is 14.4 Å². The molecule has 202 valence electrons. The highest BCUT2D eigenvalue weighted by Crippen LogP contribution is 2.03. The van der Waals surface area contributed by atoms with Crippen LogP contribution in [0.5, 0.6) is 0 Å². The molecule has 3 amide bonds. The Morgan fingerprint density at radius 2 is 1.38 bits per heavy atom. The monoisotopic (exact) mass is 493 g/mol. The fourth-order valence-corrected chi connectivity index (χ4v) is 2.49. The van der Waals surface area contributed by atoms with Crippen LogP contribution in [0.25, 0.3) is 0 Å². The van der Waals surface area contributed by atoms with Crippen LogP contribution in [0.3, 0.4) is 0 Å². The summed E-state index contributed by atoms with van der Waals surface area (Å²) in [5, 5.41) is 5.06. The van der Waals surface area contributed by atoms with E-state index in [0.717, 1.165) is 32.2 Å². The number of hydrogen-bond acceptors (Lipinski definition) is 10. The van der Waals surface area contributed by atoms with Crippen LogP contribution >= 0.6 is 0 Å². The first-order valence-corrected chi connectivity index (χ1v) is 11.9. The summed E-state index contributed by atoms with van der Waals surface area (Å²) < 4.78 is 14.7. The number of ether oxygens (including phenoxy) is 3. The molecule has 13 heteroatoms. The molecule has 0 fully saturated rings. The quantitative estimate of drug-likeness (QED) is 0.101. The van der Waals surface area contributed by atoms with E-state index < -0.39 is 24.3 Å². The maximum atomic E-state index is 12.0. The van der Waals surface area contributed by atoms with Crippen LogP contribution in [0.1, 0.15) is 58.3 Å². The van der Waals surface area contributed by atoms with E-state index in [4.69, 9.17) is 38.1 Å². The van der Waals surface area contributed by atoms with Crippen molar-refractivity contribution in [2.24, 2.45) is 28.7 Å². The lowest BCUT2D eigenvalue weighted by molar-refractivity contribution is 0.110. The topological polar surface area (TPSA) is 233 Å². The maximum absolute atomic E-state index is 12.0. The Morgan fingerprint density at radius 1 is 0.794 bits per heavy atom. The molecule has 0 aromatic heterocycles. The Balaban J connectivity index is 0.